The van der Waals surface area contributed by atoms with Crippen LogP contribution < -0.4 is 20.1 Å². The molecule has 3 aliphatic carbocycles. The minimum absolute atomic E-state index is 0.0225. The number of methoxy groups -OCH3 is 1. The molecule has 0 aliphatic heterocycles. The van der Waals surface area contributed by atoms with Crippen LogP contribution in [0.1, 0.15) is 29.6 Å². The number of rotatable bonds is 7. The monoisotopic (exact) mass is 450 g/mol. The van der Waals surface area contributed by atoms with Gasteiger partial charge in [-0.05, 0) is 55.5 Å². The molecule has 0 spiro atoms. The van der Waals surface area contributed by atoms with Crippen LogP contribution in [0, 0.1) is 17.6 Å². The van der Waals surface area contributed by atoms with E-state index in [1.165, 1.54) is 31.4 Å². The molecule has 0 heterocycles. The van der Waals surface area contributed by atoms with Crippen LogP contribution in [0.25, 0.3) is 0 Å². The summed E-state index contributed by atoms with van der Waals surface area (Å²) in [6.45, 7) is -0.260. The normalized spacial score (nSPS) is 23.6. The molecule has 3 aliphatic rings. The maximum absolute atomic E-state index is 13.6. The van der Waals surface area contributed by atoms with E-state index in [0.29, 0.717) is 12.2 Å². The topological polar surface area (TPSA) is 76.7 Å². The maximum Gasteiger partial charge on any atom is 0.258 e. The average Bonchev–Trinajstić information content (AvgIpc) is 3.22. The van der Waals surface area contributed by atoms with Crippen molar-refractivity contribution in [3.8, 4) is 11.5 Å². The zero-order valence-electron chi connectivity index (χ0n) is 16.7. The summed E-state index contributed by atoms with van der Waals surface area (Å²) in [4.78, 5) is 25.0. The summed E-state index contributed by atoms with van der Waals surface area (Å²) < 4.78 is 37.5. The van der Waals surface area contributed by atoms with Gasteiger partial charge in [0.05, 0.1) is 17.7 Å². The molecule has 0 aromatic heterocycles. The van der Waals surface area contributed by atoms with Crippen molar-refractivity contribution >= 4 is 23.4 Å². The molecule has 0 saturated heterocycles. The molecular formula is C22H21ClF2N2O4. The van der Waals surface area contributed by atoms with Gasteiger partial charge in [-0.1, -0.05) is 11.6 Å². The zero-order valence-corrected chi connectivity index (χ0v) is 17.5. The SMILES string of the molecule is COc1ccc(F)cc1C(=O)NC12CC(C1)C(NC(=O)COc1ccc(Cl)c(F)c1)C2. The largest absolute Gasteiger partial charge is 0.496 e. The summed E-state index contributed by atoms with van der Waals surface area (Å²) in [5.74, 6) is -1.14. The summed E-state index contributed by atoms with van der Waals surface area (Å²) >= 11 is 5.62. The van der Waals surface area contributed by atoms with E-state index in [-0.39, 0.29) is 40.8 Å². The highest BCUT2D eigenvalue weighted by Crippen LogP contribution is 2.52. The first kappa shape index (κ1) is 21.4. The fraction of sp³-hybridized carbons (Fsp3) is 0.364. The van der Waals surface area contributed by atoms with Crippen LogP contribution in [-0.2, 0) is 4.79 Å². The van der Waals surface area contributed by atoms with Crippen molar-refractivity contribution in [3.05, 3.63) is 58.6 Å². The molecule has 2 N–H and O–H groups in total. The van der Waals surface area contributed by atoms with Gasteiger partial charge in [0.25, 0.3) is 11.8 Å². The van der Waals surface area contributed by atoms with Crippen LogP contribution in [0.2, 0.25) is 5.02 Å². The molecule has 2 amide bonds. The molecule has 6 nitrogen and oxygen atoms in total. The van der Waals surface area contributed by atoms with Crippen molar-refractivity contribution < 1.29 is 27.8 Å². The highest BCUT2D eigenvalue weighted by atomic mass is 35.5. The van der Waals surface area contributed by atoms with E-state index < -0.39 is 23.1 Å². The Hall–Kier alpha value is -2.87. The van der Waals surface area contributed by atoms with E-state index in [4.69, 9.17) is 21.1 Å². The Bertz CT molecular complexity index is 1030. The lowest BCUT2D eigenvalue weighted by Gasteiger charge is -2.39. The molecule has 2 aromatic rings. The highest BCUT2D eigenvalue weighted by molar-refractivity contribution is 6.30. The van der Waals surface area contributed by atoms with Crippen LogP contribution in [0.5, 0.6) is 11.5 Å². The quantitative estimate of drug-likeness (QED) is 0.677. The summed E-state index contributed by atoms with van der Waals surface area (Å²) in [5, 5.41) is 5.88. The number of hydrogen-bond donors (Lipinski definition) is 2. The lowest BCUT2D eigenvalue weighted by Crippen LogP contribution is -2.51. The fourth-order valence-electron chi connectivity index (χ4n) is 4.43. The third kappa shape index (κ3) is 4.44. The molecule has 164 valence electrons. The van der Waals surface area contributed by atoms with Crippen LogP contribution >= 0.6 is 11.6 Å². The predicted molar refractivity (Wildman–Crippen MR) is 109 cm³/mol. The van der Waals surface area contributed by atoms with Crippen molar-refractivity contribution in [2.75, 3.05) is 13.7 Å². The Labute approximate surface area is 182 Å². The average molecular weight is 451 g/mol. The molecule has 1 unspecified atom stereocenters. The first-order valence-corrected chi connectivity index (χ1v) is 10.2. The summed E-state index contributed by atoms with van der Waals surface area (Å²) in [5.41, 5.74) is -0.298. The van der Waals surface area contributed by atoms with Crippen LogP contribution in [-0.4, -0.2) is 37.1 Å². The third-order valence-electron chi connectivity index (χ3n) is 5.88. The van der Waals surface area contributed by atoms with Crippen LogP contribution in [0.3, 0.4) is 0 Å². The lowest BCUT2D eigenvalue weighted by atomic mass is 9.76. The van der Waals surface area contributed by atoms with E-state index in [1.54, 1.807) is 0 Å². The van der Waals surface area contributed by atoms with E-state index >= 15 is 0 Å². The van der Waals surface area contributed by atoms with E-state index in [0.717, 1.165) is 25.0 Å². The van der Waals surface area contributed by atoms with Gasteiger partial charge >= 0.3 is 0 Å². The number of carbonyl (C=O) groups is 2. The summed E-state index contributed by atoms with van der Waals surface area (Å²) in [6.07, 6.45) is 2.03. The van der Waals surface area contributed by atoms with Gasteiger partial charge in [0, 0.05) is 17.6 Å². The Kier molecular flexibility index (Phi) is 5.75. The number of halogens is 3. The van der Waals surface area contributed by atoms with Gasteiger partial charge in [0.15, 0.2) is 6.61 Å². The van der Waals surface area contributed by atoms with Gasteiger partial charge in [0.2, 0.25) is 0 Å². The molecule has 31 heavy (non-hydrogen) atoms. The highest BCUT2D eigenvalue weighted by Gasteiger charge is 2.57. The second-order valence-corrected chi connectivity index (χ2v) is 8.40. The molecular weight excluding hydrogens is 430 g/mol. The van der Waals surface area contributed by atoms with Crippen LogP contribution in [0.4, 0.5) is 8.78 Å². The Morgan fingerprint density at radius 1 is 1.16 bits per heavy atom. The van der Waals surface area contributed by atoms with Crippen LogP contribution in [0.15, 0.2) is 36.4 Å². The van der Waals surface area contributed by atoms with Gasteiger partial charge in [-0.25, -0.2) is 8.78 Å². The van der Waals surface area contributed by atoms with Gasteiger partial charge in [0.1, 0.15) is 23.1 Å². The molecule has 2 bridgehead atoms. The first-order valence-electron chi connectivity index (χ1n) is 9.82. The number of ether oxygens (including phenoxy) is 2. The van der Waals surface area contributed by atoms with Crippen molar-refractivity contribution in [1.82, 2.24) is 10.6 Å². The Morgan fingerprint density at radius 2 is 1.94 bits per heavy atom. The minimum atomic E-state index is -0.621. The Morgan fingerprint density at radius 3 is 2.65 bits per heavy atom. The maximum atomic E-state index is 13.6. The van der Waals surface area contributed by atoms with E-state index in [1.807, 2.05) is 0 Å². The van der Waals surface area contributed by atoms with E-state index in [2.05, 4.69) is 10.6 Å². The van der Waals surface area contributed by atoms with Crippen molar-refractivity contribution in [2.24, 2.45) is 5.92 Å². The van der Waals surface area contributed by atoms with Crippen molar-refractivity contribution in [3.63, 3.8) is 0 Å². The number of nitrogens with one attached hydrogen (secondary N) is 2. The van der Waals surface area contributed by atoms with Crippen molar-refractivity contribution in [1.29, 1.82) is 0 Å². The standard InChI is InChI=1S/C22H21ClF2N2O4/c1-30-19-5-2-13(24)6-15(19)21(29)27-22-8-12(9-22)18(10-22)26-20(28)11-31-14-3-4-16(23)17(25)7-14/h2-7,12,18H,8-11H2,1H3,(H,26,28)(H,27,29). The predicted octanol–water partition coefficient (Wildman–Crippen LogP) is 3.47. The molecule has 1 atom stereocenters. The minimum Gasteiger partial charge on any atom is -0.496 e. The lowest BCUT2D eigenvalue weighted by molar-refractivity contribution is -0.124. The fourth-order valence-corrected chi connectivity index (χ4v) is 4.55. The number of fused-ring (bicyclic) bond motifs is 1. The second-order valence-electron chi connectivity index (χ2n) is 7.99. The molecule has 0 radical (unpaired) electrons. The van der Waals surface area contributed by atoms with Crippen molar-refractivity contribution in [2.45, 2.75) is 30.8 Å². The molecule has 9 heteroatoms. The van der Waals surface area contributed by atoms with E-state index in [9.17, 15) is 18.4 Å². The number of benzene rings is 2. The number of carbonyl (C=O) groups excluding carboxylic acids is 2. The number of hydrogen-bond acceptors (Lipinski definition) is 4. The zero-order chi connectivity index (χ0) is 22.2. The number of amides is 2. The molecule has 5 rings (SSSR count). The molecule has 2 aromatic carbocycles. The molecule has 3 saturated carbocycles. The summed E-state index contributed by atoms with van der Waals surface area (Å²) in [7, 11) is 1.42. The van der Waals surface area contributed by atoms with Gasteiger partial charge < -0.3 is 20.1 Å². The smallest absolute Gasteiger partial charge is 0.258 e. The van der Waals surface area contributed by atoms with Gasteiger partial charge in [-0.3, -0.25) is 9.59 Å². The Balaban J connectivity index is 1.31. The third-order valence-corrected chi connectivity index (χ3v) is 6.18. The first-order chi connectivity index (χ1) is 14.8. The summed E-state index contributed by atoms with van der Waals surface area (Å²) in [6, 6.07) is 7.64. The van der Waals surface area contributed by atoms with Gasteiger partial charge in [-0.15, -0.1) is 0 Å². The molecule has 3 fully saturated rings. The second kappa shape index (κ2) is 8.34. The van der Waals surface area contributed by atoms with Gasteiger partial charge in [-0.2, -0.15) is 0 Å².